The van der Waals surface area contributed by atoms with Crippen molar-refractivity contribution in [3.05, 3.63) is 59.9 Å². The molecule has 4 atom stereocenters. The highest BCUT2D eigenvalue weighted by Gasteiger charge is 2.39. The first kappa shape index (κ1) is 36.8. The number of amides is 4. The van der Waals surface area contributed by atoms with Crippen LogP contribution >= 0.6 is 0 Å². The van der Waals surface area contributed by atoms with E-state index in [4.69, 9.17) is 14.7 Å². The number of nitrogens with one attached hydrogen (secondary N) is 4. The lowest BCUT2D eigenvalue weighted by molar-refractivity contribution is -0.138. The van der Waals surface area contributed by atoms with Gasteiger partial charge >= 0.3 is 6.09 Å². The third-order valence-electron chi connectivity index (χ3n) is 10.8. The molecule has 0 radical (unpaired) electrons. The van der Waals surface area contributed by atoms with Crippen LogP contribution in [0.1, 0.15) is 84.0 Å². The summed E-state index contributed by atoms with van der Waals surface area (Å²) in [5, 5.41) is 7.25. The summed E-state index contributed by atoms with van der Waals surface area (Å²) in [4.78, 5) is 71.2. The number of benzene rings is 3. The molecule has 0 aliphatic carbocycles. The number of fused-ring (bicyclic) bond motifs is 4. The first-order valence-electron chi connectivity index (χ1n) is 18.7. The number of alkyl carbamates (subject to hydrolysis) is 1. The topological polar surface area (TPSA) is 165 Å². The number of H-pyrrole nitrogens is 2. The van der Waals surface area contributed by atoms with E-state index >= 15 is 4.39 Å². The minimum atomic E-state index is -0.727. The molecule has 4 amide bonds. The SMILES string of the molecule is COC(=O)N[C@H](C(=O)N1CCC[C@H]1c1nc2c(ccc3cc(-c4cc5nc([C@@H]6CCCN6C(=O)[C@@H](NC(C)=O)C(C)C)[nH]c5cc4F)ccc32)[nH]1)C(C)C. The van der Waals surface area contributed by atoms with Crippen LogP contribution < -0.4 is 10.6 Å². The second-order valence-electron chi connectivity index (χ2n) is 15.2. The van der Waals surface area contributed by atoms with Crippen molar-refractivity contribution in [2.45, 2.75) is 84.5 Å². The fraction of sp³-hybridized carbons (Fsp3) is 0.450. The number of carbonyl (C=O) groups excluding carboxylic acids is 4. The van der Waals surface area contributed by atoms with Gasteiger partial charge in [0.1, 0.15) is 29.5 Å². The zero-order chi connectivity index (χ0) is 38.4. The third kappa shape index (κ3) is 6.85. The second kappa shape index (κ2) is 14.7. The Labute approximate surface area is 312 Å². The molecule has 54 heavy (non-hydrogen) atoms. The zero-order valence-electron chi connectivity index (χ0n) is 31.5. The van der Waals surface area contributed by atoms with Gasteiger partial charge in [-0.15, -0.1) is 0 Å². The number of ether oxygens (including phenoxy) is 1. The first-order chi connectivity index (χ1) is 25.8. The van der Waals surface area contributed by atoms with E-state index in [9.17, 15) is 19.2 Å². The molecule has 0 bridgehead atoms. The molecule has 4 N–H and O–H groups in total. The zero-order valence-corrected chi connectivity index (χ0v) is 31.5. The lowest BCUT2D eigenvalue weighted by atomic mass is 9.99. The van der Waals surface area contributed by atoms with E-state index in [0.717, 1.165) is 41.1 Å². The minimum absolute atomic E-state index is 0.0858. The Morgan fingerprint density at radius 3 is 2.04 bits per heavy atom. The summed E-state index contributed by atoms with van der Waals surface area (Å²) < 4.78 is 20.6. The van der Waals surface area contributed by atoms with Gasteiger partial charge in [-0.25, -0.2) is 19.2 Å². The Kier molecular flexibility index (Phi) is 10.0. The van der Waals surface area contributed by atoms with E-state index in [1.54, 1.807) is 15.9 Å². The molecule has 2 fully saturated rings. The number of aromatic nitrogens is 4. The molecule has 284 valence electrons. The quantitative estimate of drug-likeness (QED) is 0.138. The molecule has 2 aliphatic rings. The van der Waals surface area contributed by atoms with Crippen molar-refractivity contribution < 1.29 is 28.3 Å². The number of aromatic amines is 2. The molecular weight excluding hydrogens is 691 g/mol. The van der Waals surface area contributed by atoms with Crippen molar-refractivity contribution in [2.75, 3.05) is 20.2 Å². The average molecular weight is 739 g/mol. The van der Waals surface area contributed by atoms with Crippen LogP contribution in [0.2, 0.25) is 0 Å². The lowest BCUT2D eigenvalue weighted by Gasteiger charge is -2.30. The van der Waals surface area contributed by atoms with Gasteiger partial charge in [0, 0.05) is 37.0 Å². The number of carbonyl (C=O) groups is 4. The van der Waals surface area contributed by atoms with E-state index in [1.165, 1.54) is 20.1 Å². The molecule has 3 aromatic carbocycles. The molecule has 14 heteroatoms. The van der Waals surface area contributed by atoms with Gasteiger partial charge in [-0.2, -0.15) is 0 Å². The Balaban J connectivity index is 1.16. The smallest absolute Gasteiger partial charge is 0.407 e. The number of nitrogens with zero attached hydrogens (tertiary/aromatic N) is 4. The summed E-state index contributed by atoms with van der Waals surface area (Å²) in [6.07, 6.45) is 2.40. The van der Waals surface area contributed by atoms with E-state index in [2.05, 4.69) is 20.6 Å². The van der Waals surface area contributed by atoms with Crippen LogP contribution in [0.15, 0.2) is 42.5 Å². The summed E-state index contributed by atoms with van der Waals surface area (Å²) in [6, 6.07) is 10.9. The summed E-state index contributed by atoms with van der Waals surface area (Å²) in [5.74, 6) is 0.0622. The van der Waals surface area contributed by atoms with Gasteiger partial charge in [0.2, 0.25) is 17.7 Å². The van der Waals surface area contributed by atoms with E-state index in [-0.39, 0.29) is 41.6 Å². The maximum atomic E-state index is 15.8. The Morgan fingerprint density at radius 1 is 0.815 bits per heavy atom. The number of rotatable bonds is 9. The van der Waals surface area contributed by atoms with Crippen LogP contribution in [0.25, 0.3) is 44.0 Å². The highest BCUT2D eigenvalue weighted by molar-refractivity contribution is 6.05. The number of halogens is 1. The summed E-state index contributed by atoms with van der Waals surface area (Å²) in [6.45, 7) is 10.1. The van der Waals surface area contributed by atoms with Crippen LogP contribution in [0.3, 0.4) is 0 Å². The fourth-order valence-corrected chi connectivity index (χ4v) is 7.99. The number of hydrogen-bond acceptors (Lipinski definition) is 7. The van der Waals surface area contributed by atoms with Crippen molar-refractivity contribution in [3.8, 4) is 11.1 Å². The predicted octanol–water partition coefficient (Wildman–Crippen LogP) is 6.27. The lowest BCUT2D eigenvalue weighted by Crippen LogP contribution is -2.51. The highest BCUT2D eigenvalue weighted by atomic mass is 19.1. The molecule has 7 rings (SSSR count). The largest absolute Gasteiger partial charge is 0.453 e. The van der Waals surface area contributed by atoms with E-state index in [1.807, 2.05) is 58.0 Å². The molecule has 2 aromatic heterocycles. The van der Waals surface area contributed by atoms with Gasteiger partial charge in [-0.05, 0) is 66.7 Å². The number of imidazole rings is 2. The van der Waals surface area contributed by atoms with Gasteiger partial charge in [-0.1, -0.05) is 45.9 Å². The molecule has 2 saturated heterocycles. The first-order valence-corrected chi connectivity index (χ1v) is 18.7. The van der Waals surface area contributed by atoms with Gasteiger partial charge in [-0.3, -0.25) is 14.4 Å². The maximum absolute atomic E-state index is 15.8. The molecule has 5 aromatic rings. The second-order valence-corrected chi connectivity index (χ2v) is 15.2. The normalized spacial score (nSPS) is 18.6. The third-order valence-corrected chi connectivity index (χ3v) is 10.8. The molecular formula is C40H47FN8O5. The Morgan fingerprint density at radius 2 is 1.43 bits per heavy atom. The van der Waals surface area contributed by atoms with Crippen LogP contribution in [-0.2, 0) is 19.1 Å². The Hall–Kier alpha value is -5.53. The summed E-state index contributed by atoms with van der Waals surface area (Å²) in [5.41, 5.74) is 3.79. The van der Waals surface area contributed by atoms with Gasteiger partial charge in [0.05, 0.1) is 41.3 Å². The minimum Gasteiger partial charge on any atom is -0.453 e. The van der Waals surface area contributed by atoms with Gasteiger partial charge < -0.3 is 35.1 Å². The van der Waals surface area contributed by atoms with Crippen LogP contribution in [0, 0.1) is 17.7 Å². The van der Waals surface area contributed by atoms with Crippen molar-refractivity contribution in [1.29, 1.82) is 0 Å². The molecule has 4 heterocycles. The van der Waals surface area contributed by atoms with Crippen molar-refractivity contribution in [1.82, 2.24) is 40.4 Å². The number of methoxy groups -OCH3 is 1. The predicted molar refractivity (Wildman–Crippen MR) is 203 cm³/mol. The fourth-order valence-electron chi connectivity index (χ4n) is 7.99. The number of hydrogen-bond donors (Lipinski definition) is 4. The van der Waals surface area contributed by atoms with Gasteiger partial charge in [0.15, 0.2) is 0 Å². The molecule has 0 unspecified atom stereocenters. The highest BCUT2D eigenvalue weighted by Crippen LogP contribution is 2.37. The van der Waals surface area contributed by atoms with E-state index in [0.29, 0.717) is 53.3 Å². The van der Waals surface area contributed by atoms with Crippen molar-refractivity contribution in [2.24, 2.45) is 11.8 Å². The van der Waals surface area contributed by atoms with Crippen LogP contribution in [0.4, 0.5) is 9.18 Å². The average Bonchev–Trinajstić information content (AvgIpc) is 3.96. The Bertz CT molecular complexity index is 2260. The molecule has 0 spiro atoms. The van der Waals surface area contributed by atoms with Crippen molar-refractivity contribution >= 4 is 56.7 Å². The number of likely N-dealkylation sites (tertiary alicyclic amines) is 2. The van der Waals surface area contributed by atoms with Crippen LogP contribution in [0.5, 0.6) is 0 Å². The maximum Gasteiger partial charge on any atom is 0.407 e. The monoisotopic (exact) mass is 738 g/mol. The van der Waals surface area contributed by atoms with Gasteiger partial charge in [0.25, 0.3) is 0 Å². The molecule has 2 aliphatic heterocycles. The van der Waals surface area contributed by atoms with E-state index < -0.39 is 24.0 Å². The summed E-state index contributed by atoms with van der Waals surface area (Å²) in [7, 11) is 1.28. The van der Waals surface area contributed by atoms with Crippen molar-refractivity contribution in [3.63, 3.8) is 0 Å². The molecule has 0 saturated carbocycles. The standard InChI is InChI=1S/C40H47FN8O5/c1-20(2)33(42-22(5)50)38(51)48-15-7-9-31(48)36-44-29-18-26(27(41)19-30(29)45-36)24-11-13-25-23(17-24)12-14-28-35(25)46-37(43-28)32-10-8-16-49(32)39(52)34(21(3)4)47-40(53)54-6/h11-14,17-21,31-34H,7-10,15-16H2,1-6H3,(H,42,50)(H,43,46)(H,44,45)(H,47,53)/t31-,32-,33-,34-/m0/s1. The molecule has 13 nitrogen and oxygen atoms in total. The van der Waals surface area contributed by atoms with Crippen LogP contribution in [-0.4, -0.2) is 85.8 Å². The summed E-state index contributed by atoms with van der Waals surface area (Å²) >= 11 is 0.